The van der Waals surface area contributed by atoms with Crippen molar-refractivity contribution in [2.75, 3.05) is 20.1 Å². The van der Waals surface area contributed by atoms with E-state index >= 15 is 0 Å². The van der Waals surface area contributed by atoms with E-state index in [1.807, 2.05) is 7.05 Å². The predicted octanol–water partition coefficient (Wildman–Crippen LogP) is -0.685. The van der Waals surface area contributed by atoms with Gasteiger partial charge < -0.3 is 9.84 Å². The first kappa shape index (κ1) is 15.6. The molecule has 0 unspecified atom stereocenters. The van der Waals surface area contributed by atoms with E-state index in [-0.39, 0.29) is 11.4 Å². The second-order valence-electron chi connectivity index (χ2n) is 4.43. The van der Waals surface area contributed by atoms with Crippen molar-refractivity contribution in [3.8, 4) is 0 Å². The Labute approximate surface area is 122 Å². The first-order valence-corrected chi connectivity index (χ1v) is 7.95. The average molecular weight is 314 g/mol. The maximum Gasteiger partial charge on any atom is 0.243 e. The topological polar surface area (TPSA) is 115 Å². The molecule has 0 saturated heterocycles. The molecule has 0 radical (unpaired) electrons. The minimum absolute atomic E-state index is 0.139. The fraction of sp³-hybridized carbons (Fsp3) is 0.545. The Hall–Kier alpha value is -1.78. The number of nitrogens with zero attached hydrogens (tertiary/aromatic N) is 4. The molecule has 2 rings (SSSR count). The van der Waals surface area contributed by atoms with E-state index < -0.39 is 10.0 Å². The Bertz CT molecular complexity index is 678. The van der Waals surface area contributed by atoms with E-state index in [0.717, 1.165) is 0 Å². The number of likely N-dealkylation sites (N-methyl/N-ethyl adjacent to an activating group) is 1. The highest BCUT2D eigenvalue weighted by molar-refractivity contribution is 7.89. The summed E-state index contributed by atoms with van der Waals surface area (Å²) in [5.74, 6) is 0.929. The molecule has 0 fully saturated rings. The molecule has 0 saturated carbocycles. The number of sulfonamides is 1. The quantitative estimate of drug-likeness (QED) is 0.663. The molecule has 0 aliphatic carbocycles. The van der Waals surface area contributed by atoms with Gasteiger partial charge in [-0.05, 0) is 14.0 Å². The first-order chi connectivity index (χ1) is 10.0. The Morgan fingerprint density at radius 2 is 2.19 bits per heavy atom. The van der Waals surface area contributed by atoms with Gasteiger partial charge in [0.15, 0.2) is 5.82 Å². The zero-order valence-corrected chi connectivity index (χ0v) is 12.7. The lowest BCUT2D eigenvalue weighted by Gasteiger charge is -2.02. The summed E-state index contributed by atoms with van der Waals surface area (Å²) in [6.07, 6.45) is 3.17. The number of rotatable bonds is 8. The number of nitrogens with one attached hydrogen (secondary N) is 2. The molecular formula is C11H18N6O3S. The summed E-state index contributed by atoms with van der Waals surface area (Å²) in [6, 6.07) is 0. The van der Waals surface area contributed by atoms with Gasteiger partial charge in [0.25, 0.3) is 0 Å². The van der Waals surface area contributed by atoms with Crippen LogP contribution in [0.1, 0.15) is 11.7 Å². The van der Waals surface area contributed by atoms with E-state index in [2.05, 4.69) is 25.3 Å². The highest BCUT2D eigenvalue weighted by atomic mass is 32.2. The number of hydrogen-bond acceptors (Lipinski definition) is 7. The zero-order valence-electron chi connectivity index (χ0n) is 11.9. The molecule has 2 aromatic rings. The third-order valence-electron chi connectivity index (χ3n) is 2.71. The monoisotopic (exact) mass is 314 g/mol. The van der Waals surface area contributed by atoms with Crippen molar-refractivity contribution in [1.82, 2.24) is 30.0 Å². The van der Waals surface area contributed by atoms with Gasteiger partial charge in [0.05, 0.1) is 12.7 Å². The van der Waals surface area contributed by atoms with Gasteiger partial charge in [-0.1, -0.05) is 5.16 Å². The lowest BCUT2D eigenvalue weighted by atomic mass is 10.4. The van der Waals surface area contributed by atoms with Crippen LogP contribution in [-0.4, -0.2) is 48.5 Å². The third-order valence-corrected chi connectivity index (χ3v) is 4.13. The molecule has 0 aromatic carbocycles. The van der Waals surface area contributed by atoms with Gasteiger partial charge in [-0.15, -0.1) is 0 Å². The van der Waals surface area contributed by atoms with Crippen molar-refractivity contribution in [2.24, 2.45) is 0 Å². The van der Waals surface area contributed by atoms with Crippen molar-refractivity contribution >= 4 is 10.0 Å². The Kier molecular flexibility index (Phi) is 5.04. The van der Waals surface area contributed by atoms with Crippen LogP contribution in [0, 0.1) is 6.92 Å². The fourth-order valence-corrected chi connectivity index (χ4v) is 2.63. The fourth-order valence-electron chi connectivity index (χ4n) is 1.65. The summed E-state index contributed by atoms with van der Waals surface area (Å²) in [7, 11) is -1.75. The van der Waals surface area contributed by atoms with Crippen LogP contribution in [0.5, 0.6) is 0 Å². The molecule has 0 amide bonds. The predicted molar refractivity (Wildman–Crippen MR) is 74.1 cm³/mol. The summed E-state index contributed by atoms with van der Waals surface area (Å²) < 4.78 is 33.1. The normalized spacial score (nSPS) is 11.9. The molecule has 116 valence electrons. The van der Waals surface area contributed by atoms with Crippen LogP contribution < -0.4 is 10.0 Å². The SMILES string of the molecule is CNCCn1cc(S(=O)(=O)NCCc2nc(C)no2)cn1. The maximum atomic E-state index is 12.1. The molecule has 9 nitrogen and oxygen atoms in total. The number of hydrogen-bond donors (Lipinski definition) is 2. The van der Waals surface area contributed by atoms with E-state index in [4.69, 9.17) is 4.52 Å². The van der Waals surface area contributed by atoms with Gasteiger partial charge in [0.1, 0.15) is 4.90 Å². The number of aromatic nitrogens is 4. The molecule has 10 heteroatoms. The van der Waals surface area contributed by atoms with Crippen molar-refractivity contribution in [2.45, 2.75) is 24.8 Å². The van der Waals surface area contributed by atoms with Gasteiger partial charge in [-0.3, -0.25) is 4.68 Å². The maximum absolute atomic E-state index is 12.1. The van der Waals surface area contributed by atoms with Crippen LogP contribution in [0.3, 0.4) is 0 Å². The third kappa shape index (κ3) is 4.34. The largest absolute Gasteiger partial charge is 0.339 e. The van der Waals surface area contributed by atoms with Crippen LogP contribution in [0.4, 0.5) is 0 Å². The zero-order chi connectivity index (χ0) is 15.3. The van der Waals surface area contributed by atoms with E-state index in [1.165, 1.54) is 12.4 Å². The lowest BCUT2D eigenvalue weighted by molar-refractivity contribution is 0.375. The smallest absolute Gasteiger partial charge is 0.243 e. The molecule has 21 heavy (non-hydrogen) atoms. The molecule has 2 heterocycles. The Balaban J connectivity index is 1.90. The molecule has 0 bridgehead atoms. The van der Waals surface area contributed by atoms with Crippen LogP contribution in [-0.2, 0) is 23.0 Å². The van der Waals surface area contributed by atoms with Crippen molar-refractivity contribution in [3.63, 3.8) is 0 Å². The summed E-state index contributed by atoms with van der Waals surface area (Å²) in [6.45, 7) is 3.21. The summed E-state index contributed by atoms with van der Waals surface area (Å²) >= 11 is 0. The van der Waals surface area contributed by atoms with Crippen LogP contribution >= 0.6 is 0 Å². The second-order valence-corrected chi connectivity index (χ2v) is 6.19. The van der Waals surface area contributed by atoms with Crippen LogP contribution in [0.25, 0.3) is 0 Å². The van der Waals surface area contributed by atoms with Crippen LogP contribution in [0.15, 0.2) is 21.8 Å². The van der Waals surface area contributed by atoms with Gasteiger partial charge in [-0.25, -0.2) is 13.1 Å². The van der Waals surface area contributed by atoms with Gasteiger partial charge in [0.2, 0.25) is 15.9 Å². The van der Waals surface area contributed by atoms with Gasteiger partial charge >= 0.3 is 0 Å². The summed E-state index contributed by atoms with van der Waals surface area (Å²) in [4.78, 5) is 4.14. The molecule has 2 N–H and O–H groups in total. The van der Waals surface area contributed by atoms with Gasteiger partial charge in [-0.2, -0.15) is 10.1 Å². The van der Waals surface area contributed by atoms with Crippen LogP contribution in [0.2, 0.25) is 0 Å². The van der Waals surface area contributed by atoms with Crippen molar-refractivity contribution in [3.05, 3.63) is 24.1 Å². The molecular weight excluding hydrogens is 296 g/mol. The lowest BCUT2D eigenvalue weighted by Crippen LogP contribution is -2.25. The average Bonchev–Trinajstić information content (AvgIpc) is 3.06. The van der Waals surface area contributed by atoms with Crippen molar-refractivity contribution in [1.29, 1.82) is 0 Å². The molecule has 0 atom stereocenters. The minimum atomic E-state index is -3.57. The van der Waals surface area contributed by atoms with Gasteiger partial charge in [0, 0.05) is 25.7 Å². The van der Waals surface area contributed by atoms with E-state index in [1.54, 1.807) is 11.6 Å². The molecule has 2 aromatic heterocycles. The standard InChI is InChI=1S/C11H18N6O3S/c1-9-15-11(20-16-9)3-4-14-21(18,19)10-7-13-17(8-10)6-5-12-2/h7-8,12,14H,3-6H2,1-2H3. The van der Waals surface area contributed by atoms with Crippen molar-refractivity contribution < 1.29 is 12.9 Å². The highest BCUT2D eigenvalue weighted by Crippen LogP contribution is 2.07. The van der Waals surface area contributed by atoms with E-state index in [0.29, 0.717) is 31.2 Å². The molecule has 0 aliphatic heterocycles. The summed E-state index contributed by atoms with van der Waals surface area (Å²) in [5, 5.41) is 10.6. The summed E-state index contributed by atoms with van der Waals surface area (Å²) in [5.41, 5.74) is 0. The number of aryl methyl sites for hydroxylation is 1. The second kappa shape index (κ2) is 6.78. The van der Waals surface area contributed by atoms with E-state index in [9.17, 15) is 8.42 Å². The minimum Gasteiger partial charge on any atom is -0.339 e. The first-order valence-electron chi connectivity index (χ1n) is 6.47. The molecule has 0 spiro atoms. The Morgan fingerprint density at radius 1 is 1.38 bits per heavy atom. The molecule has 0 aliphatic rings. The Morgan fingerprint density at radius 3 is 2.86 bits per heavy atom. The highest BCUT2D eigenvalue weighted by Gasteiger charge is 2.16.